The number of rotatable bonds is 4. The molecule has 1 aromatic heterocycles. The number of aromatic nitrogens is 1. The van der Waals surface area contributed by atoms with Crippen LogP contribution in [0.15, 0.2) is 11.6 Å². The molecule has 0 saturated carbocycles. The fraction of sp³-hybridized carbons (Fsp3) is 0.786. The Morgan fingerprint density at radius 2 is 2.28 bits per heavy atom. The average molecular weight is 267 g/mol. The lowest BCUT2D eigenvalue weighted by molar-refractivity contribution is 0.131. The maximum atomic E-state index is 4.41. The van der Waals surface area contributed by atoms with Crippen LogP contribution in [0.3, 0.4) is 0 Å². The normalized spacial score (nSPS) is 22.3. The molecule has 4 heteroatoms. The van der Waals surface area contributed by atoms with Gasteiger partial charge in [0.1, 0.15) is 5.01 Å². The number of hydrogen-bond acceptors (Lipinski definition) is 4. The molecule has 1 aliphatic rings. The molecule has 1 unspecified atom stereocenters. The number of nitrogens with one attached hydrogen (secondary N) is 1. The summed E-state index contributed by atoms with van der Waals surface area (Å²) in [7, 11) is 0. The molecule has 1 aliphatic heterocycles. The summed E-state index contributed by atoms with van der Waals surface area (Å²) in [6.07, 6.45) is 5.92. The molecule has 0 radical (unpaired) electrons. The fourth-order valence-corrected chi connectivity index (χ4v) is 3.07. The van der Waals surface area contributed by atoms with E-state index < -0.39 is 0 Å². The number of likely N-dealkylation sites (tertiary alicyclic amines) is 1. The standard InChI is InChI=1S/C14H25N3S/c1-14(2,3)16-10-12-6-4-5-8-17(12)11-13-15-7-9-18-13/h7,9,12,16H,4-6,8,10-11H2,1-3H3. The summed E-state index contributed by atoms with van der Waals surface area (Å²) in [4.78, 5) is 7.01. The Bertz CT molecular complexity index is 342. The van der Waals surface area contributed by atoms with E-state index in [0.717, 1.165) is 13.1 Å². The maximum Gasteiger partial charge on any atom is 0.107 e. The number of hydrogen-bond donors (Lipinski definition) is 1. The Labute approximate surface area is 115 Å². The molecule has 1 atom stereocenters. The summed E-state index contributed by atoms with van der Waals surface area (Å²) < 4.78 is 0. The van der Waals surface area contributed by atoms with Gasteiger partial charge in [0.05, 0.1) is 6.54 Å². The summed E-state index contributed by atoms with van der Waals surface area (Å²) in [5.74, 6) is 0. The van der Waals surface area contributed by atoms with Crippen LogP contribution in [-0.4, -0.2) is 34.6 Å². The van der Waals surface area contributed by atoms with Gasteiger partial charge in [-0.2, -0.15) is 0 Å². The minimum Gasteiger partial charge on any atom is -0.311 e. The van der Waals surface area contributed by atoms with Crippen molar-refractivity contribution < 1.29 is 0 Å². The van der Waals surface area contributed by atoms with Crippen molar-refractivity contribution in [2.75, 3.05) is 13.1 Å². The smallest absolute Gasteiger partial charge is 0.107 e. The van der Waals surface area contributed by atoms with Gasteiger partial charge in [0, 0.05) is 29.7 Å². The lowest BCUT2D eigenvalue weighted by atomic mass is 10.0. The molecule has 2 heterocycles. The molecule has 18 heavy (non-hydrogen) atoms. The van der Waals surface area contributed by atoms with Crippen molar-refractivity contribution in [2.24, 2.45) is 0 Å². The lowest BCUT2D eigenvalue weighted by Crippen LogP contribution is -2.49. The second-order valence-electron chi connectivity index (χ2n) is 6.18. The summed E-state index contributed by atoms with van der Waals surface area (Å²) in [5.41, 5.74) is 0.213. The van der Waals surface area contributed by atoms with Crippen LogP contribution >= 0.6 is 11.3 Å². The van der Waals surface area contributed by atoms with Crippen LogP contribution in [0.25, 0.3) is 0 Å². The van der Waals surface area contributed by atoms with Crippen molar-refractivity contribution in [3.63, 3.8) is 0 Å². The molecule has 1 N–H and O–H groups in total. The Balaban J connectivity index is 1.89. The Kier molecular flexibility index (Phi) is 4.76. The maximum absolute atomic E-state index is 4.41. The molecular formula is C14H25N3S. The van der Waals surface area contributed by atoms with Crippen molar-refractivity contribution in [1.29, 1.82) is 0 Å². The number of piperidine rings is 1. The van der Waals surface area contributed by atoms with E-state index >= 15 is 0 Å². The number of nitrogens with zero attached hydrogens (tertiary/aromatic N) is 2. The summed E-state index contributed by atoms with van der Waals surface area (Å²) in [5, 5.41) is 6.96. The highest BCUT2D eigenvalue weighted by atomic mass is 32.1. The van der Waals surface area contributed by atoms with Gasteiger partial charge in [-0.1, -0.05) is 6.42 Å². The zero-order valence-electron chi connectivity index (χ0n) is 11.8. The fourth-order valence-electron chi connectivity index (χ4n) is 2.43. The van der Waals surface area contributed by atoms with E-state index in [1.54, 1.807) is 11.3 Å². The van der Waals surface area contributed by atoms with Gasteiger partial charge in [0.25, 0.3) is 0 Å². The lowest BCUT2D eigenvalue weighted by Gasteiger charge is -2.37. The third-order valence-corrected chi connectivity index (χ3v) is 4.20. The highest BCUT2D eigenvalue weighted by molar-refractivity contribution is 7.09. The monoisotopic (exact) mass is 267 g/mol. The van der Waals surface area contributed by atoms with Crippen LogP contribution < -0.4 is 5.32 Å². The molecule has 1 saturated heterocycles. The molecule has 0 bridgehead atoms. The Hall–Kier alpha value is -0.450. The van der Waals surface area contributed by atoms with Gasteiger partial charge in [0.15, 0.2) is 0 Å². The minimum atomic E-state index is 0.213. The predicted molar refractivity (Wildman–Crippen MR) is 77.9 cm³/mol. The van der Waals surface area contributed by atoms with E-state index in [1.807, 2.05) is 6.20 Å². The molecule has 0 amide bonds. The van der Waals surface area contributed by atoms with Gasteiger partial charge < -0.3 is 5.32 Å². The third-order valence-electron chi connectivity index (χ3n) is 3.44. The largest absolute Gasteiger partial charge is 0.311 e. The van der Waals surface area contributed by atoms with Gasteiger partial charge in [-0.3, -0.25) is 4.90 Å². The quantitative estimate of drug-likeness (QED) is 0.909. The van der Waals surface area contributed by atoms with E-state index in [9.17, 15) is 0 Å². The SMILES string of the molecule is CC(C)(C)NCC1CCCCN1Cc1nccs1. The van der Waals surface area contributed by atoms with Gasteiger partial charge in [0.2, 0.25) is 0 Å². The minimum absolute atomic E-state index is 0.213. The van der Waals surface area contributed by atoms with Gasteiger partial charge in [-0.15, -0.1) is 11.3 Å². The average Bonchev–Trinajstić information content (AvgIpc) is 2.80. The molecule has 0 spiro atoms. The first-order chi connectivity index (χ1) is 8.54. The molecule has 102 valence electrons. The van der Waals surface area contributed by atoms with E-state index in [1.165, 1.54) is 30.8 Å². The third kappa shape index (κ3) is 4.34. The summed E-state index contributed by atoms with van der Waals surface area (Å²) in [6, 6.07) is 0.668. The van der Waals surface area contributed by atoms with Crippen LogP contribution in [-0.2, 0) is 6.54 Å². The van der Waals surface area contributed by atoms with Gasteiger partial charge in [-0.05, 0) is 40.2 Å². The molecule has 0 aliphatic carbocycles. The molecule has 1 fully saturated rings. The van der Waals surface area contributed by atoms with Crippen LogP contribution in [0.4, 0.5) is 0 Å². The van der Waals surface area contributed by atoms with E-state index in [4.69, 9.17) is 0 Å². The highest BCUT2D eigenvalue weighted by Crippen LogP contribution is 2.20. The second kappa shape index (κ2) is 6.13. The summed E-state index contributed by atoms with van der Waals surface area (Å²) in [6.45, 7) is 10.0. The van der Waals surface area contributed by atoms with Crippen molar-refractivity contribution in [1.82, 2.24) is 15.2 Å². The number of thiazole rings is 1. The van der Waals surface area contributed by atoms with Gasteiger partial charge >= 0.3 is 0 Å². The topological polar surface area (TPSA) is 28.2 Å². The van der Waals surface area contributed by atoms with Crippen LogP contribution in [0, 0.1) is 0 Å². The Morgan fingerprint density at radius 3 is 2.94 bits per heavy atom. The predicted octanol–water partition coefficient (Wildman–Crippen LogP) is 2.89. The molecule has 1 aromatic rings. The second-order valence-corrected chi connectivity index (χ2v) is 7.16. The zero-order chi connectivity index (χ0) is 13.0. The Morgan fingerprint density at radius 1 is 1.44 bits per heavy atom. The van der Waals surface area contributed by atoms with Crippen LogP contribution in [0.5, 0.6) is 0 Å². The van der Waals surface area contributed by atoms with Crippen molar-refractivity contribution in [3.8, 4) is 0 Å². The van der Waals surface area contributed by atoms with Crippen molar-refractivity contribution >= 4 is 11.3 Å². The zero-order valence-corrected chi connectivity index (χ0v) is 12.6. The molecule has 3 nitrogen and oxygen atoms in total. The van der Waals surface area contributed by atoms with E-state index in [0.29, 0.717) is 6.04 Å². The molecule has 0 aromatic carbocycles. The molecule has 2 rings (SSSR count). The first-order valence-electron chi connectivity index (χ1n) is 6.92. The first kappa shape index (κ1) is 14.0. The van der Waals surface area contributed by atoms with Crippen molar-refractivity contribution in [2.45, 2.75) is 58.2 Å². The van der Waals surface area contributed by atoms with Crippen LogP contribution in [0.2, 0.25) is 0 Å². The van der Waals surface area contributed by atoms with E-state index in [-0.39, 0.29) is 5.54 Å². The van der Waals surface area contributed by atoms with Crippen molar-refractivity contribution in [3.05, 3.63) is 16.6 Å². The van der Waals surface area contributed by atoms with Crippen LogP contribution in [0.1, 0.15) is 45.0 Å². The molecular weight excluding hydrogens is 242 g/mol. The van der Waals surface area contributed by atoms with E-state index in [2.05, 4.69) is 41.4 Å². The summed E-state index contributed by atoms with van der Waals surface area (Å²) >= 11 is 1.77. The van der Waals surface area contributed by atoms with Gasteiger partial charge in [-0.25, -0.2) is 4.98 Å². The highest BCUT2D eigenvalue weighted by Gasteiger charge is 2.24. The first-order valence-corrected chi connectivity index (χ1v) is 7.80.